The number of thiazole rings is 1. The first kappa shape index (κ1) is 17.5. The highest BCUT2D eigenvalue weighted by Crippen LogP contribution is 2.23. The van der Waals surface area contributed by atoms with Crippen molar-refractivity contribution in [3.05, 3.63) is 68.8 Å². The second kappa shape index (κ2) is 7.29. The van der Waals surface area contributed by atoms with Crippen molar-refractivity contribution in [1.82, 2.24) is 4.57 Å². The number of nitro groups is 1. The van der Waals surface area contributed by atoms with E-state index in [1.807, 2.05) is 0 Å². The van der Waals surface area contributed by atoms with Crippen LogP contribution in [0.3, 0.4) is 0 Å². The molecule has 6 nitrogen and oxygen atoms in total. The van der Waals surface area contributed by atoms with Gasteiger partial charge in [0.1, 0.15) is 5.82 Å². The number of hydrogen-bond donors (Lipinski definition) is 0. The third-order valence-electron chi connectivity index (χ3n) is 3.62. The number of hydrogen-bond acceptors (Lipinski definition) is 4. The van der Waals surface area contributed by atoms with Gasteiger partial charge in [0.25, 0.3) is 11.6 Å². The largest absolute Gasteiger partial charge is 0.305 e. The van der Waals surface area contributed by atoms with E-state index in [1.54, 1.807) is 10.6 Å². The second-order valence-electron chi connectivity index (χ2n) is 5.39. The van der Waals surface area contributed by atoms with Crippen LogP contribution in [0.1, 0.15) is 5.56 Å². The van der Waals surface area contributed by atoms with Gasteiger partial charge in [-0.15, -0.1) is 6.42 Å². The van der Waals surface area contributed by atoms with Crippen molar-refractivity contribution in [2.24, 2.45) is 4.99 Å². The van der Waals surface area contributed by atoms with Crippen LogP contribution in [0.25, 0.3) is 10.2 Å². The van der Waals surface area contributed by atoms with Gasteiger partial charge in [-0.3, -0.25) is 14.9 Å². The predicted molar refractivity (Wildman–Crippen MR) is 96.0 cm³/mol. The summed E-state index contributed by atoms with van der Waals surface area (Å²) in [6, 6.07) is 9.99. The molecule has 0 saturated carbocycles. The Morgan fingerprint density at radius 3 is 2.69 bits per heavy atom. The van der Waals surface area contributed by atoms with Crippen molar-refractivity contribution in [2.75, 3.05) is 0 Å². The molecule has 0 bridgehead atoms. The van der Waals surface area contributed by atoms with E-state index in [2.05, 4.69) is 10.9 Å². The average Bonchev–Trinajstić information content (AvgIpc) is 2.93. The molecule has 8 heteroatoms. The summed E-state index contributed by atoms with van der Waals surface area (Å²) in [5.41, 5.74) is 1.27. The van der Waals surface area contributed by atoms with Crippen LogP contribution in [0.4, 0.5) is 10.1 Å². The van der Waals surface area contributed by atoms with E-state index < -0.39 is 10.8 Å². The number of rotatable bonds is 4. The molecule has 0 fully saturated rings. The zero-order valence-electron chi connectivity index (χ0n) is 13.4. The number of nitrogens with zero attached hydrogens (tertiary/aromatic N) is 3. The fraction of sp³-hybridized carbons (Fsp3) is 0.111. The van der Waals surface area contributed by atoms with Crippen LogP contribution in [-0.2, 0) is 17.8 Å². The molecule has 130 valence electrons. The zero-order chi connectivity index (χ0) is 18.7. The highest BCUT2D eigenvalue weighted by Gasteiger charge is 2.12. The van der Waals surface area contributed by atoms with Crippen LogP contribution < -0.4 is 4.80 Å². The number of carbonyl (C=O) groups excluding carboxylic acids is 1. The van der Waals surface area contributed by atoms with Crippen molar-refractivity contribution in [3.63, 3.8) is 0 Å². The van der Waals surface area contributed by atoms with Crippen molar-refractivity contribution in [3.8, 4) is 12.3 Å². The Morgan fingerprint density at radius 2 is 2.04 bits per heavy atom. The lowest BCUT2D eigenvalue weighted by atomic mass is 10.1. The fourth-order valence-corrected chi connectivity index (χ4v) is 3.51. The van der Waals surface area contributed by atoms with E-state index in [0.717, 1.165) is 11.3 Å². The molecule has 0 spiro atoms. The summed E-state index contributed by atoms with van der Waals surface area (Å²) >= 11 is 1.15. The summed E-state index contributed by atoms with van der Waals surface area (Å²) in [5.74, 6) is 1.70. The number of non-ortho nitro benzene ring substituents is 1. The van der Waals surface area contributed by atoms with Crippen molar-refractivity contribution >= 4 is 33.1 Å². The molecule has 0 aliphatic carbocycles. The molecule has 3 aromatic rings. The molecule has 0 unspecified atom stereocenters. The number of terminal acetylenes is 1. The minimum absolute atomic E-state index is 0.0186. The third kappa shape index (κ3) is 3.68. The summed E-state index contributed by atoms with van der Waals surface area (Å²) in [5, 5.41) is 10.9. The molecule has 0 atom stereocenters. The van der Waals surface area contributed by atoms with Gasteiger partial charge in [0.05, 0.1) is 28.1 Å². The minimum atomic E-state index is -0.485. The summed E-state index contributed by atoms with van der Waals surface area (Å²) < 4.78 is 15.2. The van der Waals surface area contributed by atoms with Crippen LogP contribution in [-0.4, -0.2) is 15.4 Å². The van der Waals surface area contributed by atoms with Crippen LogP contribution in [0, 0.1) is 28.3 Å². The number of nitro benzene ring substituents is 1. The molecule has 3 rings (SSSR count). The molecule has 0 saturated heterocycles. The summed E-state index contributed by atoms with van der Waals surface area (Å²) in [6.45, 7) is 0.181. The maximum Gasteiger partial charge on any atom is 0.270 e. The summed E-state index contributed by atoms with van der Waals surface area (Å²) in [4.78, 5) is 27.2. The first-order valence-corrected chi connectivity index (χ1v) is 8.33. The highest BCUT2D eigenvalue weighted by atomic mass is 32.1. The Balaban J connectivity index is 2.01. The smallest absolute Gasteiger partial charge is 0.270 e. The molecular weight excluding hydrogens is 357 g/mol. The standard InChI is InChI=1S/C18H12FN3O3S/c1-2-9-21-15-8-7-14(22(24)25)11-16(15)26-18(21)20-17(23)10-12-3-5-13(19)6-4-12/h1,3-8,11H,9-10H2. The molecule has 0 aliphatic rings. The maximum atomic E-state index is 12.9. The Bertz CT molecular complexity index is 1110. The molecule has 0 radical (unpaired) electrons. The number of fused-ring (bicyclic) bond motifs is 1. The van der Waals surface area contributed by atoms with Gasteiger partial charge in [0, 0.05) is 12.1 Å². The van der Waals surface area contributed by atoms with Gasteiger partial charge in [0.2, 0.25) is 0 Å². The molecule has 1 aromatic heterocycles. The second-order valence-corrected chi connectivity index (χ2v) is 6.40. The van der Waals surface area contributed by atoms with Gasteiger partial charge in [-0.2, -0.15) is 4.99 Å². The van der Waals surface area contributed by atoms with Crippen LogP contribution >= 0.6 is 11.3 Å². The molecule has 0 N–H and O–H groups in total. The molecule has 1 heterocycles. The van der Waals surface area contributed by atoms with E-state index in [9.17, 15) is 19.3 Å². The third-order valence-corrected chi connectivity index (χ3v) is 4.66. The van der Waals surface area contributed by atoms with Gasteiger partial charge in [0.15, 0.2) is 4.80 Å². The topological polar surface area (TPSA) is 77.5 Å². The lowest BCUT2D eigenvalue weighted by Gasteiger charge is -2.00. The Morgan fingerprint density at radius 1 is 1.31 bits per heavy atom. The maximum absolute atomic E-state index is 12.9. The molecule has 0 aliphatic heterocycles. The molecular formula is C18H12FN3O3S. The summed E-state index contributed by atoms with van der Waals surface area (Å²) in [6.07, 6.45) is 5.41. The van der Waals surface area contributed by atoms with Crippen molar-refractivity contribution < 1.29 is 14.1 Å². The lowest BCUT2D eigenvalue weighted by molar-refractivity contribution is -0.384. The number of halogens is 1. The Hall–Kier alpha value is -3.31. The minimum Gasteiger partial charge on any atom is -0.305 e. The fourth-order valence-electron chi connectivity index (χ4n) is 2.43. The zero-order valence-corrected chi connectivity index (χ0v) is 14.2. The normalized spacial score (nSPS) is 11.5. The van der Waals surface area contributed by atoms with E-state index in [4.69, 9.17) is 6.42 Å². The van der Waals surface area contributed by atoms with E-state index >= 15 is 0 Å². The first-order valence-electron chi connectivity index (χ1n) is 7.51. The molecule has 2 aromatic carbocycles. The summed E-state index contributed by atoms with van der Waals surface area (Å²) in [7, 11) is 0. The van der Waals surface area contributed by atoms with Gasteiger partial charge in [-0.1, -0.05) is 29.4 Å². The monoisotopic (exact) mass is 369 g/mol. The number of aromatic nitrogens is 1. The quantitative estimate of drug-likeness (QED) is 0.403. The lowest BCUT2D eigenvalue weighted by Crippen LogP contribution is -2.17. The van der Waals surface area contributed by atoms with Gasteiger partial charge in [-0.05, 0) is 23.8 Å². The number of amides is 1. The predicted octanol–water partition coefficient (Wildman–Crippen LogP) is 3.05. The Kier molecular flexibility index (Phi) is 4.91. The average molecular weight is 369 g/mol. The van der Waals surface area contributed by atoms with Crippen LogP contribution in [0.15, 0.2) is 47.5 Å². The number of benzene rings is 2. The van der Waals surface area contributed by atoms with E-state index in [1.165, 1.54) is 36.4 Å². The SMILES string of the molecule is C#CCn1c(=NC(=O)Cc2ccc(F)cc2)sc2cc([N+](=O)[O-])ccc21. The Labute approximate surface area is 151 Å². The molecule has 1 amide bonds. The molecule has 26 heavy (non-hydrogen) atoms. The van der Waals surface area contributed by atoms with E-state index in [0.29, 0.717) is 20.6 Å². The number of carbonyl (C=O) groups is 1. The van der Waals surface area contributed by atoms with Gasteiger partial charge < -0.3 is 4.57 Å². The van der Waals surface area contributed by atoms with Crippen molar-refractivity contribution in [1.29, 1.82) is 0 Å². The van der Waals surface area contributed by atoms with E-state index in [-0.39, 0.29) is 24.5 Å². The highest BCUT2D eigenvalue weighted by molar-refractivity contribution is 7.16. The van der Waals surface area contributed by atoms with Crippen LogP contribution in [0.5, 0.6) is 0 Å². The van der Waals surface area contributed by atoms with Gasteiger partial charge in [-0.25, -0.2) is 4.39 Å². The first-order chi connectivity index (χ1) is 12.5. The van der Waals surface area contributed by atoms with Crippen LogP contribution in [0.2, 0.25) is 0 Å². The van der Waals surface area contributed by atoms with Crippen molar-refractivity contribution in [2.45, 2.75) is 13.0 Å². The van der Waals surface area contributed by atoms with Gasteiger partial charge >= 0.3 is 0 Å².